The van der Waals surface area contributed by atoms with Crippen LogP contribution in [0.1, 0.15) is 32.5 Å². The Hall–Kier alpha value is -2.12. The van der Waals surface area contributed by atoms with Gasteiger partial charge in [-0.2, -0.15) is 4.98 Å². The Bertz CT molecular complexity index is 429. The number of amides is 2. The highest BCUT2D eigenvalue weighted by molar-refractivity contribution is 5.78. The van der Waals surface area contributed by atoms with Crippen molar-refractivity contribution < 1.29 is 19.2 Å². The van der Waals surface area contributed by atoms with Gasteiger partial charge in [0.25, 0.3) is 0 Å². The Morgan fingerprint density at radius 3 is 2.55 bits per heavy atom. The molecule has 0 aliphatic heterocycles. The van der Waals surface area contributed by atoms with Crippen molar-refractivity contribution in [3.05, 3.63) is 12.2 Å². The van der Waals surface area contributed by atoms with Crippen LogP contribution in [-0.4, -0.2) is 40.3 Å². The number of rotatable bonds is 8. The van der Waals surface area contributed by atoms with Crippen LogP contribution in [0.3, 0.4) is 0 Å². The lowest BCUT2D eigenvalue weighted by atomic mass is 9.82. The van der Waals surface area contributed by atoms with Crippen LogP contribution in [0.5, 0.6) is 0 Å². The minimum atomic E-state index is -0.912. The van der Waals surface area contributed by atoms with Crippen LogP contribution in [0.2, 0.25) is 0 Å². The van der Waals surface area contributed by atoms with E-state index in [9.17, 15) is 14.7 Å². The summed E-state index contributed by atoms with van der Waals surface area (Å²) >= 11 is 0. The number of carbonyl (C=O) groups excluding carboxylic acids is 1. The average Bonchev–Trinajstić information content (AvgIpc) is 2.93. The van der Waals surface area contributed by atoms with Gasteiger partial charge < -0.3 is 20.3 Å². The number of carboxylic acid groups (broad SMARTS) is 1. The van der Waals surface area contributed by atoms with Crippen molar-refractivity contribution in [1.82, 2.24) is 20.8 Å². The van der Waals surface area contributed by atoms with Crippen molar-refractivity contribution in [2.24, 2.45) is 5.41 Å². The third-order valence-electron chi connectivity index (χ3n) is 3.44. The van der Waals surface area contributed by atoms with Gasteiger partial charge in [-0.15, -0.1) is 0 Å². The molecule has 0 aliphatic carbocycles. The molecule has 2 amide bonds. The van der Waals surface area contributed by atoms with E-state index in [-0.39, 0.29) is 6.54 Å². The van der Waals surface area contributed by atoms with Crippen molar-refractivity contribution in [1.29, 1.82) is 0 Å². The Kier molecular flexibility index (Phi) is 5.95. The number of hydrogen-bond donors (Lipinski definition) is 3. The summed E-state index contributed by atoms with van der Waals surface area (Å²) in [6.45, 7) is 4.05. The molecular formula is C12H20N4O4. The molecule has 1 heterocycles. The van der Waals surface area contributed by atoms with Gasteiger partial charge in [0.05, 0.1) is 5.41 Å². The zero-order chi connectivity index (χ0) is 15.0. The molecule has 0 aliphatic rings. The maximum atomic E-state index is 11.6. The molecule has 1 aromatic heterocycles. The molecule has 0 aromatic carbocycles. The molecule has 112 valence electrons. The summed E-state index contributed by atoms with van der Waals surface area (Å²) in [5.74, 6) is -0.387. The van der Waals surface area contributed by atoms with E-state index in [4.69, 9.17) is 0 Å². The summed E-state index contributed by atoms with van der Waals surface area (Å²) in [6, 6.07) is -0.402. The average molecular weight is 284 g/mol. The van der Waals surface area contributed by atoms with Crippen LogP contribution >= 0.6 is 0 Å². The van der Waals surface area contributed by atoms with Gasteiger partial charge in [0.1, 0.15) is 0 Å². The predicted octanol–water partition coefficient (Wildman–Crippen LogP) is 0.802. The molecule has 0 saturated carbocycles. The lowest BCUT2D eigenvalue weighted by Crippen LogP contribution is -2.46. The monoisotopic (exact) mass is 284 g/mol. The van der Waals surface area contributed by atoms with Crippen LogP contribution in [0.25, 0.3) is 0 Å². The van der Waals surface area contributed by atoms with Crippen LogP contribution in [0.4, 0.5) is 4.79 Å². The van der Waals surface area contributed by atoms with Gasteiger partial charge in [-0.05, 0) is 12.8 Å². The minimum absolute atomic E-state index is 0.101. The zero-order valence-corrected chi connectivity index (χ0v) is 11.7. The van der Waals surface area contributed by atoms with Gasteiger partial charge in [0, 0.05) is 19.5 Å². The molecule has 0 saturated heterocycles. The van der Waals surface area contributed by atoms with E-state index in [0.29, 0.717) is 31.6 Å². The van der Waals surface area contributed by atoms with Gasteiger partial charge in [-0.3, -0.25) is 4.79 Å². The van der Waals surface area contributed by atoms with Crippen molar-refractivity contribution in [3.8, 4) is 0 Å². The number of nitrogens with one attached hydrogen (secondary N) is 2. The first kappa shape index (κ1) is 15.9. The standard InChI is InChI=1S/C12H20N4O4/c1-3-12(4-2,10(17)18)7-14-11(19)13-6-5-9-15-8-20-16-9/h8H,3-7H2,1-2H3,(H,17,18)(H2,13,14,19). The summed E-state index contributed by atoms with van der Waals surface area (Å²) in [5.41, 5.74) is -0.912. The number of aromatic nitrogens is 2. The molecule has 0 spiro atoms. The molecule has 1 aromatic rings. The summed E-state index contributed by atoms with van der Waals surface area (Å²) in [4.78, 5) is 26.7. The van der Waals surface area contributed by atoms with E-state index >= 15 is 0 Å². The first-order valence-corrected chi connectivity index (χ1v) is 6.54. The normalized spacial score (nSPS) is 11.1. The summed E-state index contributed by atoms with van der Waals surface area (Å²) in [5, 5.41) is 18.1. The Balaban J connectivity index is 2.33. The smallest absolute Gasteiger partial charge is 0.314 e. The maximum Gasteiger partial charge on any atom is 0.314 e. The molecule has 0 atom stereocenters. The van der Waals surface area contributed by atoms with E-state index in [0.717, 1.165) is 0 Å². The fourth-order valence-electron chi connectivity index (χ4n) is 1.78. The van der Waals surface area contributed by atoms with Crippen LogP contribution in [0.15, 0.2) is 10.9 Å². The Labute approximate surface area is 116 Å². The summed E-state index contributed by atoms with van der Waals surface area (Å²) in [7, 11) is 0. The van der Waals surface area contributed by atoms with Gasteiger partial charge in [-0.1, -0.05) is 19.0 Å². The van der Waals surface area contributed by atoms with Crippen molar-refractivity contribution >= 4 is 12.0 Å². The highest BCUT2D eigenvalue weighted by Gasteiger charge is 2.35. The van der Waals surface area contributed by atoms with Crippen molar-refractivity contribution in [3.63, 3.8) is 0 Å². The first-order chi connectivity index (χ1) is 9.54. The third-order valence-corrected chi connectivity index (χ3v) is 3.44. The van der Waals surface area contributed by atoms with Crippen LogP contribution < -0.4 is 10.6 Å². The molecule has 0 bridgehead atoms. The quantitative estimate of drug-likeness (QED) is 0.650. The third kappa shape index (κ3) is 4.22. The first-order valence-electron chi connectivity index (χ1n) is 6.54. The number of carboxylic acids is 1. The fraction of sp³-hybridized carbons (Fsp3) is 0.667. The van der Waals surface area contributed by atoms with Crippen molar-refractivity contribution in [2.45, 2.75) is 33.1 Å². The second kappa shape index (κ2) is 7.46. The topological polar surface area (TPSA) is 117 Å². The van der Waals surface area contributed by atoms with Crippen LogP contribution in [0, 0.1) is 5.41 Å². The second-order valence-corrected chi connectivity index (χ2v) is 4.50. The van der Waals surface area contributed by atoms with E-state index in [2.05, 4.69) is 25.3 Å². The number of urea groups is 1. The Morgan fingerprint density at radius 2 is 2.05 bits per heavy atom. The predicted molar refractivity (Wildman–Crippen MR) is 70.1 cm³/mol. The van der Waals surface area contributed by atoms with E-state index in [1.54, 1.807) is 13.8 Å². The molecule has 8 nitrogen and oxygen atoms in total. The highest BCUT2D eigenvalue weighted by Crippen LogP contribution is 2.25. The van der Waals surface area contributed by atoms with Gasteiger partial charge >= 0.3 is 12.0 Å². The fourth-order valence-corrected chi connectivity index (χ4v) is 1.78. The number of aliphatic carboxylic acids is 1. The number of hydrogen-bond acceptors (Lipinski definition) is 5. The SMILES string of the molecule is CCC(CC)(CNC(=O)NCCc1ncon1)C(=O)O. The summed E-state index contributed by atoms with van der Waals surface area (Å²) in [6.07, 6.45) is 2.60. The van der Waals surface area contributed by atoms with Crippen LogP contribution in [-0.2, 0) is 11.2 Å². The van der Waals surface area contributed by atoms with E-state index in [1.165, 1.54) is 6.39 Å². The molecular weight excluding hydrogens is 264 g/mol. The molecule has 0 fully saturated rings. The maximum absolute atomic E-state index is 11.6. The van der Waals surface area contributed by atoms with Gasteiger partial charge in [-0.25, -0.2) is 4.79 Å². The van der Waals surface area contributed by atoms with E-state index in [1.807, 2.05) is 0 Å². The second-order valence-electron chi connectivity index (χ2n) is 4.50. The molecule has 20 heavy (non-hydrogen) atoms. The number of carbonyl (C=O) groups is 2. The number of nitrogens with zero attached hydrogens (tertiary/aromatic N) is 2. The largest absolute Gasteiger partial charge is 0.481 e. The van der Waals surface area contributed by atoms with E-state index < -0.39 is 17.4 Å². The van der Waals surface area contributed by atoms with Gasteiger partial charge in [0.2, 0.25) is 6.39 Å². The zero-order valence-electron chi connectivity index (χ0n) is 11.7. The van der Waals surface area contributed by atoms with Crippen molar-refractivity contribution in [2.75, 3.05) is 13.1 Å². The molecule has 1 rings (SSSR count). The lowest BCUT2D eigenvalue weighted by molar-refractivity contribution is -0.149. The highest BCUT2D eigenvalue weighted by atomic mass is 16.5. The Morgan fingerprint density at radius 1 is 1.35 bits per heavy atom. The summed E-state index contributed by atoms with van der Waals surface area (Å²) < 4.78 is 4.56. The molecule has 0 radical (unpaired) electrons. The molecule has 3 N–H and O–H groups in total. The van der Waals surface area contributed by atoms with Gasteiger partial charge in [0.15, 0.2) is 5.82 Å². The lowest BCUT2D eigenvalue weighted by Gasteiger charge is -2.26. The molecule has 8 heteroatoms. The molecule has 0 unspecified atom stereocenters. The minimum Gasteiger partial charge on any atom is -0.481 e.